The van der Waals surface area contributed by atoms with E-state index in [0.29, 0.717) is 17.0 Å². The van der Waals surface area contributed by atoms with Crippen molar-refractivity contribution in [2.45, 2.75) is 0 Å². The monoisotopic (exact) mass is 414 g/mol. The molecular weight excluding hydrogens is 395 g/mol. The highest BCUT2D eigenvalue weighted by Gasteiger charge is 2.09. The molecule has 0 saturated carbocycles. The largest absolute Gasteiger partial charge is 0.483 e. The molecule has 4 rings (SSSR count). The highest BCUT2D eigenvalue weighted by atomic mass is 19.1. The van der Waals surface area contributed by atoms with Crippen LogP contribution in [-0.2, 0) is 4.79 Å². The van der Waals surface area contributed by atoms with Crippen LogP contribution in [0.4, 0.5) is 4.39 Å². The van der Waals surface area contributed by atoms with E-state index in [0.717, 1.165) is 16.7 Å². The summed E-state index contributed by atoms with van der Waals surface area (Å²) in [6, 6.07) is 23.3. The summed E-state index contributed by atoms with van der Waals surface area (Å²) in [5.74, 6) is -0.105. The third-order valence-corrected chi connectivity index (χ3v) is 4.53. The van der Waals surface area contributed by atoms with Gasteiger partial charge in [0.25, 0.3) is 5.91 Å². The first-order valence-electron chi connectivity index (χ1n) is 9.59. The molecule has 0 fully saturated rings. The third-order valence-electron chi connectivity index (χ3n) is 4.53. The topological polar surface area (TPSA) is 79.4 Å². The van der Waals surface area contributed by atoms with E-state index in [2.05, 4.69) is 20.7 Å². The first-order valence-corrected chi connectivity index (χ1v) is 9.59. The molecule has 1 amide bonds. The van der Waals surface area contributed by atoms with E-state index in [1.807, 2.05) is 54.6 Å². The smallest absolute Gasteiger partial charge is 0.277 e. The van der Waals surface area contributed by atoms with Crippen molar-refractivity contribution in [3.63, 3.8) is 0 Å². The molecular formula is C24H19FN4O2. The van der Waals surface area contributed by atoms with Crippen molar-refractivity contribution in [1.29, 1.82) is 0 Å². The molecule has 7 heteroatoms. The van der Waals surface area contributed by atoms with Crippen LogP contribution < -0.4 is 10.2 Å². The van der Waals surface area contributed by atoms with Crippen LogP contribution in [0.2, 0.25) is 0 Å². The summed E-state index contributed by atoms with van der Waals surface area (Å²) in [7, 11) is 0. The Bertz CT molecular complexity index is 1190. The van der Waals surface area contributed by atoms with Crippen molar-refractivity contribution in [3.05, 3.63) is 96.4 Å². The van der Waals surface area contributed by atoms with E-state index >= 15 is 0 Å². The fourth-order valence-electron chi connectivity index (χ4n) is 3.04. The van der Waals surface area contributed by atoms with Crippen LogP contribution in [0, 0.1) is 5.82 Å². The second-order valence-corrected chi connectivity index (χ2v) is 6.65. The molecule has 0 unspecified atom stereocenters. The Morgan fingerprint density at radius 2 is 1.74 bits per heavy atom. The van der Waals surface area contributed by atoms with Gasteiger partial charge in [0.05, 0.1) is 18.1 Å². The van der Waals surface area contributed by atoms with Crippen molar-refractivity contribution < 1.29 is 13.9 Å². The number of halogens is 1. The maximum atomic E-state index is 13.1. The molecule has 0 aliphatic rings. The van der Waals surface area contributed by atoms with E-state index < -0.39 is 5.91 Å². The summed E-state index contributed by atoms with van der Waals surface area (Å²) in [5.41, 5.74) is 6.43. The second kappa shape index (κ2) is 9.49. The van der Waals surface area contributed by atoms with E-state index in [1.54, 1.807) is 18.3 Å². The van der Waals surface area contributed by atoms with Crippen LogP contribution in [0.25, 0.3) is 22.4 Å². The second-order valence-electron chi connectivity index (χ2n) is 6.65. The lowest BCUT2D eigenvalue weighted by molar-refractivity contribution is -0.123. The van der Waals surface area contributed by atoms with Gasteiger partial charge in [-0.2, -0.15) is 10.2 Å². The number of carbonyl (C=O) groups is 1. The quantitative estimate of drug-likeness (QED) is 0.347. The molecule has 3 aromatic carbocycles. The minimum atomic E-state index is -0.397. The number of aromatic amines is 1. The third kappa shape index (κ3) is 5.02. The summed E-state index contributed by atoms with van der Waals surface area (Å²) in [5, 5.41) is 10.8. The van der Waals surface area contributed by atoms with Crippen molar-refractivity contribution in [3.8, 4) is 28.1 Å². The molecule has 6 nitrogen and oxygen atoms in total. The van der Waals surface area contributed by atoms with E-state index in [-0.39, 0.29) is 12.4 Å². The highest BCUT2D eigenvalue weighted by molar-refractivity contribution is 5.89. The Morgan fingerprint density at radius 3 is 2.55 bits per heavy atom. The van der Waals surface area contributed by atoms with Crippen molar-refractivity contribution >= 4 is 12.1 Å². The molecule has 0 saturated heterocycles. The Morgan fingerprint density at radius 1 is 1.00 bits per heavy atom. The number of carbonyl (C=O) groups excluding carboxylic acids is 1. The maximum absolute atomic E-state index is 13.1. The van der Waals surface area contributed by atoms with Gasteiger partial charge in [-0.25, -0.2) is 9.82 Å². The van der Waals surface area contributed by atoms with E-state index in [1.165, 1.54) is 18.3 Å². The number of H-pyrrole nitrogens is 1. The zero-order valence-corrected chi connectivity index (χ0v) is 16.5. The Labute approximate surface area is 178 Å². The number of amides is 1. The fourth-order valence-corrected chi connectivity index (χ4v) is 3.04. The zero-order valence-electron chi connectivity index (χ0n) is 16.5. The number of nitrogens with zero attached hydrogens (tertiary/aromatic N) is 2. The Balaban J connectivity index is 1.37. The van der Waals surface area contributed by atoms with Gasteiger partial charge in [0.1, 0.15) is 11.6 Å². The first-order chi connectivity index (χ1) is 15.2. The molecule has 0 atom stereocenters. The average molecular weight is 414 g/mol. The van der Waals surface area contributed by atoms with Gasteiger partial charge in [0, 0.05) is 16.7 Å². The summed E-state index contributed by atoms with van der Waals surface area (Å²) >= 11 is 0. The van der Waals surface area contributed by atoms with Gasteiger partial charge >= 0.3 is 0 Å². The van der Waals surface area contributed by atoms with Crippen LogP contribution in [0.3, 0.4) is 0 Å². The normalized spacial score (nSPS) is 10.9. The lowest BCUT2D eigenvalue weighted by Gasteiger charge is -2.10. The van der Waals surface area contributed by atoms with E-state index in [9.17, 15) is 9.18 Å². The summed E-state index contributed by atoms with van der Waals surface area (Å²) in [6.07, 6.45) is 3.04. The van der Waals surface area contributed by atoms with Crippen LogP contribution in [-0.4, -0.2) is 28.9 Å². The highest BCUT2D eigenvalue weighted by Crippen LogP contribution is 2.29. The molecule has 0 radical (unpaired) electrons. The van der Waals surface area contributed by atoms with Gasteiger partial charge in [-0.05, 0) is 35.9 Å². The average Bonchev–Trinajstić information content (AvgIpc) is 3.27. The molecule has 0 aliphatic carbocycles. The summed E-state index contributed by atoms with van der Waals surface area (Å²) in [6.45, 7) is -0.183. The Hall–Kier alpha value is -4.26. The number of hydrogen-bond donors (Lipinski definition) is 2. The Kier molecular flexibility index (Phi) is 6.13. The fraction of sp³-hybridized carbons (Fsp3) is 0.0417. The number of aromatic nitrogens is 2. The van der Waals surface area contributed by atoms with Gasteiger partial charge in [-0.3, -0.25) is 9.89 Å². The molecule has 31 heavy (non-hydrogen) atoms. The number of benzene rings is 3. The number of rotatable bonds is 7. The number of nitrogens with one attached hydrogen (secondary N) is 2. The molecule has 0 spiro atoms. The standard InChI is InChI=1S/C24H19FN4O2/c25-20-12-10-18(11-13-20)24-19(15-27-29-24)14-26-28-23(30)16-31-22-9-5-4-8-21(22)17-6-2-1-3-7-17/h1-15H,16H2,(H,27,29)(H,28,30)/b26-14+. The minimum Gasteiger partial charge on any atom is -0.483 e. The van der Waals surface area contributed by atoms with Gasteiger partial charge < -0.3 is 4.74 Å². The van der Waals surface area contributed by atoms with E-state index in [4.69, 9.17) is 4.74 Å². The number of hydrogen-bond acceptors (Lipinski definition) is 4. The predicted octanol–water partition coefficient (Wildman–Crippen LogP) is 4.41. The van der Waals surface area contributed by atoms with Gasteiger partial charge in [-0.1, -0.05) is 48.5 Å². The molecule has 2 N–H and O–H groups in total. The van der Waals surface area contributed by atoms with Crippen molar-refractivity contribution in [2.24, 2.45) is 5.10 Å². The molecule has 154 valence electrons. The molecule has 0 bridgehead atoms. The SMILES string of the molecule is O=C(COc1ccccc1-c1ccccc1)N/N=C/c1cn[nH]c1-c1ccc(F)cc1. The van der Waals surface area contributed by atoms with Crippen LogP contribution in [0.15, 0.2) is 90.2 Å². The molecule has 0 aliphatic heterocycles. The number of hydrazone groups is 1. The predicted molar refractivity (Wildman–Crippen MR) is 117 cm³/mol. The summed E-state index contributed by atoms with van der Waals surface area (Å²) in [4.78, 5) is 12.2. The summed E-state index contributed by atoms with van der Waals surface area (Å²) < 4.78 is 18.8. The van der Waals surface area contributed by atoms with Gasteiger partial charge in [-0.15, -0.1) is 0 Å². The van der Waals surface area contributed by atoms with Crippen molar-refractivity contribution in [2.75, 3.05) is 6.61 Å². The molecule has 1 heterocycles. The maximum Gasteiger partial charge on any atom is 0.277 e. The number of para-hydroxylation sites is 1. The van der Waals surface area contributed by atoms with Crippen molar-refractivity contribution in [1.82, 2.24) is 15.6 Å². The lowest BCUT2D eigenvalue weighted by atomic mass is 10.1. The van der Waals surface area contributed by atoms with Crippen LogP contribution in [0.1, 0.15) is 5.56 Å². The first kappa shape index (κ1) is 20.0. The van der Waals surface area contributed by atoms with Crippen LogP contribution in [0.5, 0.6) is 5.75 Å². The lowest BCUT2D eigenvalue weighted by Crippen LogP contribution is -2.24. The molecule has 1 aromatic heterocycles. The minimum absolute atomic E-state index is 0.183. The number of ether oxygens (including phenoxy) is 1. The van der Waals surface area contributed by atoms with Crippen LogP contribution >= 0.6 is 0 Å². The van der Waals surface area contributed by atoms with Gasteiger partial charge in [0.15, 0.2) is 6.61 Å². The molecule has 4 aromatic rings. The van der Waals surface area contributed by atoms with Gasteiger partial charge in [0.2, 0.25) is 0 Å². The zero-order chi connectivity index (χ0) is 21.5.